The number of hydrogen-bond acceptors (Lipinski definition) is 0. The monoisotopic (exact) mass is 742 g/mol. The predicted molar refractivity (Wildman–Crippen MR) is 244 cm³/mol. The third-order valence-corrected chi connectivity index (χ3v) is 16.7. The minimum Gasteiger partial charge on any atom is -0.309 e. The SMILES string of the molecule is c1ccc(-c2cccc3c4c(-n5c6ccccc6c6cccc([Si](c7ccccc7)(c7ccccc7)c7ccccc7)c65)cccc4n(-c4ccccc4)c23)cc1. The van der Waals surface area contributed by atoms with E-state index in [1.807, 2.05) is 0 Å². The van der Waals surface area contributed by atoms with Crippen molar-refractivity contribution in [1.29, 1.82) is 0 Å². The van der Waals surface area contributed by atoms with E-state index < -0.39 is 8.07 Å². The maximum absolute atomic E-state index is 2.94. The maximum atomic E-state index is 2.60. The average molecular weight is 743 g/mol. The Morgan fingerprint density at radius 1 is 0.316 bits per heavy atom. The molecule has 2 aromatic heterocycles. The van der Waals surface area contributed by atoms with Crippen LogP contribution in [0.4, 0.5) is 0 Å². The van der Waals surface area contributed by atoms with Crippen molar-refractivity contribution in [3.63, 3.8) is 0 Å². The third kappa shape index (κ3) is 5.03. The Kier molecular flexibility index (Phi) is 7.87. The van der Waals surface area contributed by atoms with Crippen molar-refractivity contribution in [2.24, 2.45) is 0 Å². The van der Waals surface area contributed by atoms with E-state index in [9.17, 15) is 0 Å². The molecule has 9 aromatic carbocycles. The molecule has 0 aliphatic rings. The fourth-order valence-electron chi connectivity index (χ4n) is 9.58. The molecule has 2 nitrogen and oxygen atoms in total. The van der Waals surface area contributed by atoms with Crippen molar-refractivity contribution in [2.45, 2.75) is 0 Å². The van der Waals surface area contributed by atoms with Gasteiger partial charge in [0.15, 0.2) is 8.07 Å². The summed E-state index contributed by atoms with van der Waals surface area (Å²) in [6.07, 6.45) is 0. The van der Waals surface area contributed by atoms with E-state index in [4.69, 9.17) is 0 Å². The second kappa shape index (κ2) is 13.5. The summed E-state index contributed by atoms with van der Waals surface area (Å²) in [5.74, 6) is 0. The number of hydrogen-bond donors (Lipinski definition) is 0. The van der Waals surface area contributed by atoms with Crippen LogP contribution in [0, 0.1) is 0 Å². The summed E-state index contributed by atoms with van der Waals surface area (Å²) in [5.41, 5.74) is 9.58. The molecule has 11 rings (SSSR count). The molecule has 0 spiro atoms. The summed E-state index contributed by atoms with van der Waals surface area (Å²) in [5, 5.41) is 10.4. The fourth-order valence-corrected chi connectivity index (χ4v) is 14.5. The number of nitrogens with zero attached hydrogens (tertiary/aromatic N) is 2. The summed E-state index contributed by atoms with van der Waals surface area (Å²) in [4.78, 5) is 0. The Balaban J connectivity index is 1.34. The van der Waals surface area contributed by atoms with Crippen LogP contribution in [0.3, 0.4) is 0 Å². The van der Waals surface area contributed by atoms with Gasteiger partial charge < -0.3 is 9.13 Å². The summed E-state index contributed by atoms with van der Waals surface area (Å²) in [6, 6.07) is 85.2. The van der Waals surface area contributed by atoms with Gasteiger partial charge in [-0.2, -0.15) is 0 Å². The molecule has 0 saturated heterocycles. The molecule has 0 bridgehead atoms. The molecule has 0 atom stereocenters. The van der Waals surface area contributed by atoms with E-state index in [0.29, 0.717) is 0 Å². The van der Waals surface area contributed by atoms with Gasteiger partial charge in [-0.1, -0.05) is 200 Å². The van der Waals surface area contributed by atoms with Crippen LogP contribution in [0.1, 0.15) is 0 Å². The van der Waals surface area contributed by atoms with Gasteiger partial charge in [0.2, 0.25) is 0 Å². The van der Waals surface area contributed by atoms with Gasteiger partial charge >= 0.3 is 0 Å². The van der Waals surface area contributed by atoms with Crippen molar-refractivity contribution in [3.8, 4) is 22.5 Å². The van der Waals surface area contributed by atoms with E-state index in [-0.39, 0.29) is 0 Å². The highest BCUT2D eigenvalue weighted by molar-refractivity contribution is 7.20. The normalized spacial score (nSPS) is 11.9. The molecule has 0 unspecified atom stereocenters. The van der Waals surface area contributed by atoms with Crippen LogP contribution in [0.15, 0.2) is 231 Å². The van der Waals surface area contributed by atoms with Crippen LogP contribution < -0.4 is 20.7 Å². The Morgan fingerprint density at radius 3 is 1.46 bits per heavy atom. The molecule has 0 amide bonds. The molecule has 0 saturated carbocycles. The fraction of sp³-hybridized carbons (Fsp3) is 0. The van der Waals surface area contributed by atoms with E-state index in [1.54, 1.807) is 0 Å². The van der Waals surface area contributed by atoms with Crippen molar-refractivity contribution in [3.05, 3.63) is 231 Å². The summed E-state index contributed by atoms with van der Waals surface area (Å²) >= 11 is 0. The lowest BCUT2D eigenvalue weighted by atomic mass is 10.0. The standard InChI is InChI=1S/C54H38N2Si/c1-6-21-39(22-7-1)44-32-18-34-47-52-49(55(53(44)47)40-23-8-2-9-24-40)36-20-37-50(52)56-48-35-17-16-31-45(48)46-33-19-38-51(54(46)56)57(41-25-10-3-11-26-41,42-27-12-4-13-28-42)43-29-14-5-15-30-43/h1-38H. The molecule has 57 heavy (non-hydrogen) atoms. The first-order valence-corrected chi connectivity index (χ1v) is 21.7. The lowest BCUT2D eigenvalue weighted by molar-refractivity contribution is 1.17. The molecule has 2 heterocycles. The Morgan fingerprint density at radius 2 is 0.807 bits per heavy atom. The first-order valence-electron chi connectivity index (χ1n) is 19.7. The second-order valence-corrected chi connectivity index (χ2v) is 18.6. The number of para-hydroxylation sites is 4. The van der Waals surface area contributed by atoms with Gasteiger partial charge in [0, 0.05) is 32.8 Å². The van der Waals surface area contributed by atoms with Crippen LogP contribution in [0.25, 0.3) is 66.1 Å². The summed E-state index contributed by atoms with van der Waals surface area (Å²) < 4.78 is 5.07. The molecule has 0 fully saturated rings. The minimum atomic E-state index is -2.94. The summed E-state index contributed by atoms with van der Waals surface area (Å²) in [7, 11) is -2.94. The highest BCUT2D eigenvalue weighted by atomic mass is 28.3. The van der Waals surface area contributed by atoms with Crippen molar-refractivity contribution >= 4 is 72.4 Å². The van der Waals surface area contributed by atoms with Crippen LogP contribution in [-0.4, -0.2) is 17.2 Å². The molecule has 268 valence electrons. The lowest BCUT2D eigenvalue weighted by Crippen LogP contribution is -2.75. The van der Waals surface area contributed by atoms with Gasteiger partial charge in [0.05, 0.1) is 27.8 Å². The first-order chi connectivity index (χ1) is 28.3. The van der Waals surface area contributed by atoms with Gasteiger partial charge in [0.25, 0.3) is 0 Å². The zero-order valence-electron chi connectivity index (χ0n) is 31.3. The minimum absolute atomic E-state index is 1.14. The van der Waals surface area contributed by atoms with Gasteiger partial charge in [-0.25, -0.2) is 0 Å². The Hall–Kier alpha value is -7.20. The third-order valence-electron chi connectivity index (χ3n) is 11.8. The van der Waals surface area contributed by atoms with Crippen LogP contribution in [0.5, 0.6) is 0 Å². The lowest BCUT2D eigenvalue weighted by Gasteiger charge is -2.35. The number of fused-ring (bicyclic) bond motifs is 6. The van der Waals surface area contributed by atoms with Gasteiger partial charge in [-0.05, 0) is 56.6 Å². The van der Waals surface area contributed by atoms with Gasteiger partial charge in [0.1, 0.15) is 0 Å². The number of rotatable bonds is 7. The second-order valence-electron chi connectivity index (χ2n) is 14.8. The topological polar surface area (TPSA) is 9.86 Å². The van der Waals surface area contributed by atoms with E-state index >= 15 is 0 Å². The van der Waals surface area contributed by atoms with Crippen LogP contribution >= 0.6 is 0 Å². The maximum Gasteiger partial charge on any atom is 0.181 e. The zero-order chi connectivity index (χ0) is 37.8. The molecule has 0 aliphatic carbocycles. The Labute approximate surface area is 333 Å². The molecule has 0 aliphatic heterocycles. The highest BCUT2D eigenvalue weighted by Gasteiger charge is 2.43. The predicted octanol–water partition coefficient (Wildman–Crippen LogP) is 10.9. The zero-order valence-corrected chi connectivity index (χ0v) is 32.3. The Bertz CT molecular complexity index is 3110. The molecule has 3 heteroatoms. The van der Waals surface area contributed by atoms with Crippen LogP contribution in [0.2, 0.25) is 0 Å². The molecular formula is C54H38N2Si. The number of benzene rings is 9. The molecular weight excluding hydrogens is 705 g/mol. The van der Waals surface area contributed by atoms with Gasteiger partial charge in [-0.15, -0.1) is 0 Å². The largest absolute Gasteiger partial charge is 0.309 e. The molecule has 0 radical (unpaired) electrons. The molecule has 11 aromatic rings. The van der Waals surface area contributed by atoms with Crippen molar-refractivity contribution < 1.29 is 0 Å². The molecule has 0 N–H and O–H groups in total. The van der Waals surface area contributed by atoms with Gasteiger partial charge in [-0.3, -0.25) is 0 Å². The smallest absolute Gasteiger partial charge is 0.181 e. The summed E-state index contributed by atoms with van der Waals surface area (Å²) in [6.45, 7) is 0. The van der Waals surface area contributed by atoms with Crippen molar-refractivity contribution in [2.75, 3.05) is 0 Å². The van der Waals surface area contributed by atoms with E-state index in [1.165, 1.54) is 81.2 Å². The number of aromatic nitrogens is 2. The van der Waals surface area contributed by atoms with E-state index in [0.717, 1.165) is 5.69 Å². The van der Waals surface area contributed by atoms with Crippen molar-refractivity contribution in [1.82, 2.24) is 9.13 Å². The van der Waals surface area contributed by atoms with E-state index in [2.05, 4.69) is 240 Å². The van der Waals surface area contributed by atoms with Crippen LogP contribution in [-0.2, 0) is 0 Å². The average Bonchev–Trinajstić information content (AvgIpc) is 3.82. The quantitative estimate of drug-likeness (QED) is 0.114. The highest BCUT2D eigenvalue weighted by Crippen LogP contribution is 2.42. The first kappa shape index (κ1) is 33.2.